The summed E-state index contributed by atoms with van der Waals surface area (Å²) in [5.74, 6) is -0.325. The number of carbonyl (C=O) groups is 2. The van der Waals surface area contributed by atoms with Crippen molar-refractivity contribution in [2.45, 2.75) is 19.9 Å². The lowest BCUT2D eigenvalue weighted by atomic mass is 10.1. The van der Waals surface area contributed by atoms with Crippen LogP contribution in [0.15, 0.2) is 54.6 Å². The predicted molar refractivity (Wildman–Crippen MR) is 113 cm³/mol. The Bertz CT molecular complexity index is 956. The highest BCUT2D eigenvalue weighted by Gasteiger charge is 2.19. The van der Waals surface area contributed by atoms with Gasteiger partial charge in [0.1, 0.15) is 0 Å². The number of carbonyl (C=O) groups excluding carboxylic acids is 2. The largest absolute Gasteiger partial charge is 0.346 e. The molecule has 0 fully saturated rings. The standard InChI is InChI=1S/C20H23N5O2.ClH/c1-13(2)18(21)19(27)22-12-17(26)24-20-23-15-10-6-7-11-16(15)25(20)14-8-4-3-5-9-14;/h3-11,13,18H,12,21H2,1-2H3,(H,22,27)(H,23,24,26);1H/t18-;/m0./s1. The molecule has 1 aromatic heterocycles. The molecule has 7 nitrogen and oxygen atoms in total. The molecule has 0 bridgehead atoms. The minimum atomic E-state index is -0.647. The number of benzene rings is 2. The van der Waals surface area contributed by atoms with Gasteiger partial charge in [0, 0.05) is 5.69 Å². The number of anilines is 1. The van der Waals surface area contributed by atoms with Gasteiger partial charge in [-0.2, -0.15) is 0 Å². The average Bonchev–Trinajstić information content (AvgIpc) is 3.03. The molecule has 0 aliphatic heterocycles. The molecule has 0 unspecified atom stereocenters. The van der Waals surface area contributed by atoms with Crippen molar-refractivity contribution in [2.75, 3.05) is 11.9 Å². The number of para-hydroxylation sites is 3. The Morgan fingerprint density at radius 3 is 2.39 bits per heavy atom. The molecule has 1 atom stereocenters. The van der Waals surface area contributed by atoms with Crippen molar-refractivity contribution in [3.8, 4) is 5.69 Å². The number of nitrogens with one attached hydrogen (secondary N) is 2. The third-order valence-corrected chi connectivity index (χ3v) is 4.27. The van der Waals surface area contributed by atoms with Gasteiger partial charge in [0.2, 0.25) is 17.8 Å². The van der Waals surface area contributed by atoms with Crippen molar-refractivity contribution in [1.82, 2.24) is 14.9 Å². The molecule has 0 saturated heterocycles. The molecule has 0 saturated carbocycles. The van der Waals surface area contributed by atoms with Crippen molar-refractivity contribution in [3.05, 3.63) is 54.6 Å². The van der Waals surface area contributed by atoms with Crippen LogP contribution in [0, 0.1) is 5.92 Å². The summed E-state index contributed by atoms with van der Waals surface area (Å²) in [5, 5.41) is 5.34. The van der Waals surface area contributed by atoms with E-state index in [1.54, 1.807) is 0 Å². The summed E-state index contributed by atoms with van der Waals surface area (Å²) in [4.78, 5) is 28.8. The summed E-state index contributed by atoms with van der Waals surface area (Å²) in [6, 6.07) is 16.6. The third-order valence-electron chi connectivity index (χ3n) is 4.27. The Kier molecular flexibility index (Phi) is 7.14. The van der Waals surface area contributed by atoms with Gasteiger partial charge in [-0.1, -0.05) is 44.2 Å². The normalized spacial score (nSPS) is 11.7. The quantitative estimate of drug-likeness (QED) is 0.590. The van der Waals surface area contributed by atoms with Gasteiger partial charge in [-0.05, 0) is 30.2 Å². The van der Waals surface area contributed by atoms with Crippen LogP contribution in [0.3, 0.4) is 0 Å². The second-order valence-corrected chi connectivity index (χ2v) is 6.63. The highest BCUT2D eigenvalue weighted by Crippen LogP contribution is 2.24. The highest BCUT2D eigenvalue weighted by molar-refractivity contribution is 5.96. The second-order valence-electron chi connectivity index (χ2n) is 6.63. The molecule has 3 rings (SSSR count). The number of hydrogen-bond acceptors (Lipinski definition) is 4. The maximum Gasteiger partial charge on any atom is 0.246 e. The van der Waals surface area contributed by atoms with Crippen molar-refractivity contribution >= 4 is 41.2 Å². The van der Waals surface area contributed by atoms with E-state index in [0.717, 1.165) is 16.7 Å². The number of nitrogens with two attached hydrogens (primary N) is 1. The van der Waals surface area contributed by atoms with Crippen molar-refractivity contribution < 1.29 is 9.59 Å². The summed E-state index contributed by atoms with van der Waals surface area (Å²) in [5.41, 5.74) is 8.32. The number of amides is 2. The average molecular weight is 402 g/mol. The predicted octanol–water partition coefficient (Wildman–Crippen LogP) is 2.49. The van der Waals surface area contributed by atoms with Gasteiger partial charge in [0.05, 0.1) is 23.6 Å². The lowest BCUT2D eigenvalue weighted by molar-refractivity contribution is -0.125. The Hall–Kier alpha value is -2.90. The van der Waals surface area contributed by atoms with E-state index in [9.17, 15) is 9.59 Å². The number of hydrogen-bond donors (Lipinski definition) is 3. The van der Waals surface area contributed by atoms with Crippen molar-refractivity contribution in [3.63, 3.8) is 0 Å². The summed E-state index contributed by atoms with van der Waals surface area (Å²) >= 11 is 0. The van der Waals surface area contributed by atoms with E-state index in [1.165, 1.54) is 0 Å². The molecular weight excluding hydrogens is 378 g/mol. The van der Waals surface area contributed by atoms with Crippen LogP contribution in [-0.4, -0.2) is 34.0 Å². The van der Waals surface area contributed by atoms with E-state index in [0.29, 0.717) is 5.95 Å². The number of halogens is 1. The Labute approximate surface area is 169 Å². The number of fused-ring (bicyclic) bond motifs is 1. The van der Waals surface area contributed by atoms with Crippen molar-refractivity contribution in [2.24, 2.45) is 11.7 Å². The van der Waals surface area contributed by atoms with Gasteiger partial charge in [-0.25, -0.2) is 4.98 Å². The van der Waals surface area contributed by atoms with E-state index in [-0.39, 0.29) is 36.7 Å². The molecule has 28 heavy (non-hydrogen) atoms. The summed E-state index contributed by atoms with van der Waals surface area (Å²) in [6.07, 6.45) is 0. The van der Waals surface area contributed by atoms with Crippen LogP contribution in [0.2, 0.25) is 0 Å². The van der Waals surface area contributed by atoms with E-state index in [2.05, 4.69) is 15.6 Å². The van der Waals surface area contributed by atoms with Gasteiger partial charge in [-0.15, -0.1) is 12.4 Å². The summed E-state index contributed by atoms with van der Waals surface area (Å²) in [7, 11) is 0. The topological polar surface area (TPSA) is 102 Å². The van der Waals surface area contributed by atoms with Gasteiger partial charge in [0.25, 0.3) is 0 Å². The minimum Gasteiger partial charge on any atom is -0.346 e. The Morgan fingerprint density at radius 1 is 1.07 bits per heavy atom. The first-order valence-corrected chi connectivity index (χ1v) is 8.83. The van der Waals surface area contributed by atoms with E-state index >= 15 is 0 Å². The molecule has 8 heteroatoms. The van der Waals surface area contributed by atoms with Gasteiger partial charge < -0.3 is 11.1 Å². The molecule has 0 spiro atoms. The lowest BCUT2D eigenvalue weighted by Crippen LogP contribution is -2.46. The third kappa shape index (κ3) is 4.68. The smallest absolute Gasteiger partial charge is 0.246 e. The van der Waals surface area contributed by atoms with Gasteiger partial charge >= 0.3 is 0 Å². The van der Waals surface area contributed by atoms with E-state index in [1.807, 2.05) is 73.0 Å². The zero-order valence-electron chi connectivity index (χ0n) is 15.8. The molecule has 1 heterocycles. The fourth-order valence-electron chi connectivity index (χ4n) is 2.71. The monoisotopic (exact) mass is 401 g/mol. The zero-order chi connectivity index (χ0) is 19.4. The highest BCUT2D eigenvalue weighted by atomic mass is 35.5. The van der Waals surface area contributed by atoms with E-state index < -0.39 is 6.04 Å². The minimum absolute atomic E-state index is 0. The first-order chi connectivity index (χ1) is 13.0. The molecular formula is C20H24ClN5O2. The molecule has 2 aromatic carbocycles. The molecule has 0 aliphatic rings. The van der Waals surface area contributed by atoms with Crippen LogP contribution in [-0.2, 0) is 9.59 Å². The molecule has 0 radical (unpaired) electrons. The van der Waals surface area contributed by atoms with Crippen LogP contribution in [0.4, 0.5) is 5.95 Å². The van der Waals surface area contributed by atoms with Crippen LogP contribution < -0.4 is 16.4 Å². The number of rotatable bonds is 6. The summed E-state index contributed by atoms with van der Waals surface area (Å²) < 4.78 is 1.87. The number of imidazole rings is 1. The second kappa shape index (κ2) is 9.34. The first-order valence-electron chi connectivity index (χ1n) is 8.83. The molecule has 4 N–H and O–H groups in total. The number of nitrogens with zero attached hydrogens (tertiary/aromatic N) is 2. The molecule has 148 valence electrons. The maximum absolute atomic E-state index is 12.3. The molecule has 2 amide bonds. The summed E-state index contributed by atoms with van der Waals surface area (Å²) in [6.45, 7) is 3.54. The Morgan fingerprint density at radius 2 is 1.71 bits per heavy atom. The fraction of sp³-hybridized carbons (Fsp3) is 0.250. The first kappa shape index (κ1) is 21.4. The van der Waals surface area contributed by atoms with E-state index in [4.69, 9.17) is 5.73 Å². The number of aromatic nitrogens is 2. The van der Waals surface area contributed by atoms with Gasteiger partial charge in [-0.3, -0.25) is 19.5 Å². The van der Waals surface area contributed by atoms with Crippen molar-refractivity contribution in [1.29, 1.82) is 0 Å². The zero-order valence-corrected chi connectivity index (χ0v) is 16.6. The van der Waals surface area contributed by atoms with Gasteiger partial charge in [0.15, 0.2) is 0 Å². The van der Waals surface area contributed by atoms with Crippen LogP contribution in [0.5, 0.6) is 0 Å². The SMILES string of the molecule is CC(C)[C@H](N)C(=O)NCC(=O)Nc1nc2ccccc2n1-c1ccccc1.Cl. The molecule has 3 aromatic rings. The van der Waals surface area contributed by atoms with Crippen LogP contribution in [0.25, 0.3) is 16.7 Å². The van der Waals surface area contributed by atoms with Crippen LogP contribution >= 0.6 is 12.4 Å². The van der Waals surface area contributed by atoms with Crippen LogP contribution in [0.1, 0.15) is 13.8 Å². The Balaban J connectivity index is 0.00000280. The molecule has 0 aliphatic carbocycles. The fourth-order valence-corrected chi connectivity index (χ4v) is 2.71. The maximum atomic E-state index is 12.3. The lowest BCUT2D eigenvalue weighted by Gasteiger charge is -2.15.